The molecule has 1 fully saturated rings. The summed E-state index contributed by atoms with van der Waals surface area (Å²) in [6.45, 7) is 5.42. The molecule has 2 heterocycles. The third-order valence-corrected chi connectivity index (χ3v) is 6.18. The first-order valence-corrected chi connectivity index (χ1v) is 12.3. The fraction of sp³-hybridized carbons (Fsp3) is 0.286. The van der Waals surface area contributed by atoms with E-state index in [0.717, 1.165) is 49.6 Å². The Kier molecular flexibility index (Phi) is 7.93. The third kappa shape index (κ3) is 6.44. The molecule has 0 radical (unpaired) electrons. The Bertz CT molecular complexity index is 1320. The van der Waals surface area contributed by atoms with Gasteiger partial charge in [-0.3, -0.25) is 14.3 Å². The van der Waals surface area contributed by atoms with Crippen LogP contribution in [0.4, 0.5) is 4.39 Å². The predicted octanol–water partition coefficient (Wildman–Crippen LogP) is 3.68. The first kappa shape index (κ1) is 24.7. The zero-order valence-corrected chi connectivity index (χ0v) is 20.4. The number of ether oxygens (including phenoxy) is 3. The highest BCUT2D eigenvalue weighted by molar-refractivity contribution is 5.97. The predicted molar refractivity (Wildman–Crippen MR) is 138 cm³/mol. The number of morpholine rings is 1. The average Bonchev–Trinajstić information content (AvgIpc) is 3.36. The number of benzene rings is 3. The first-order chi connectivity index (χ1) is 18.2. The Balaban J connectivity index is 1.14. The number of rotatable bonds is 10. The van der Waals surface area contributed by atoms with Gasteiger partial charge in [0.2, 0.25) is 0 Å². The van der Waals surface area contributed by atoms with Crippen molar-refractivity contribution in [3.63, 3.8) is 0 Å². The monoisotopic (exact) mass is 504 g/mol. The lowest BCUT2D eigenvalue weighted by Gasteiger charge is -2.26. The minimum absolute atomic E-state index is 0.102. The summed E-state index contributed by atoms with van der Waals surface area (Å²) in [4.78, 5) is 19.4. The average molecular weight is 505 g/mol. The maximum absolute atomic E-state index is 13.0. The fourth-order valence-corrected chi connectivity index (χ4v) is 4.17. The van der Waals surface area contributed by atoms with Crippen LogP contribution in [-0.2, 0) is 4.74 Å². The lowest BCUT2D eigenvalue weighted by Crippen LogP contribution is -2.41. The van der Waals surface area contributed by atoms with Crippen LogP contribution in [0.25, 0.3) is 16.7 Å². The smallest absolute Gasteiger partial charge is 0.251 e. The Morgan fingerprint density at radius 3 is 2.32 bits per heavy atom. The van der Waals surface area contributed by atoms with E-state index in [1.54, 1.807) is 18.5 Å². The van der Waals surface area contributed by atoms with Gasteiger partial charge in [0.1, 0.15) is 36.9 Å². The molecule has 1 amide bonds. The van der Waals surface area contributed by atoms with Crippen LogP contribution in [0, 0.1) is 5.82 Å². The van der Waals surface area contributed by atoms with Crippen LogP contribution in [0.15, 0.2) is 73.1 Å². The summed E-state index contributed by atoms with van der Waals surface area (Å²) in [7, 11) is 0. The van der Waals surface area contributed by atoms with E-state index in [9.17, 15) is 9.18 Å². The molecule has 0 aliphatic carbocycles. The van der Waals surface area contributed by atoms with E-state index in [2.05, 4.69) is 15.2 Å². The van der Waals surface area contributed by atoms with Gasteiger partial charge in [-0.25, -0.2) is 9.37 Å². The molecule has 37 heavy (non-hydrogen) atoms. The Morgan fingerprint density at radius 2 is 1.62 bits per heavy atom. The van der Waals surface area contributed by atoms with Crippen molar-refractivity contribution in [3.8, 4) is 17.2 Å². The summed E-state index contributed by atoms with van der Waals surface area (Å²) < 4.78 is 31.6. The van der Waals surface area contributed by atoms with Crippen molar-refractivity contribution in [2.45, 2.75) is 0 Å². The van der Waals surface area contributed by atoms with Crippen molar-refractivity contribution in [2.24, 2.45) is 0 Å². The summed E-state index contributed by atoms with van der Waals surface area (Å²) in [5, 5.41) is 2.99. The van der Waals surface area contributed by atoms with E-state index in [0.29, 0.717) is 36.8 Å². The minimum Gasteiger partial charge on any atom is -0.490 e. The van der Waals surface area contributed by atoms with E-state index in [4.69, 9.17) is 14.2 Å². The number of hydrogen-bond acceptors (Lipinski definition) is 6. The SMILES string of the molecule is O=C(NCCN1CCOCC1)c1ccc2c(c1)ncn2-c1ccc(OCCOc2ccc(F)cc2)cc1. The van der Waals surface area contributed by atoms with Crippen molar-refractivity contribution < 1.29 is 23.4 Å². The number of halogens is 1. The molecule has 0 unspecified atom stereocenters. The number of carbonyl (C=O) groups excluding carboxylic acids is 1. The van der Waals surface area contributed by atoms with E-state index < -0.39 is 0 Å². The van der Waals surface area contributed by atoms with Gasteiger partial charge in [0.15, 0.2) is 0 Å². The maximum Gasteiger partial charge on any atom is 0.251 e. The van der Waals surface area contributed by atoms with Crippen LogP contribution >= 0.6 is 0 Å². The molecule has 0 atom stereocenters. The van der Waals surface area contributed by atoms with Crippen LogP contribution < -0.4 is 14.8 Å². The summed E-state index contributed by atoms with van der Waals surface area (Å²) in [5.41, 5.74) is 3.18. The number of nitrogens with one attached hydrogen (secondary N) is 1. The lowest BCUT2D eigenvalue weighted by atomic mass is 10.2. The molecule has 192 valence electrons. The Labute approximate surface area is 214 Å². The van der Waals surface area contributed by atoms with Crippen LogP contribution in [0.3, 0.4) is 0 Å². The van der Waals surface area contributed by atoms with Crippen molar-refractivity contribution >= 4 is 16.9 Å². The summed E-state index contributed by atoms with van der Waals surface area (Å²) in [5.74, 6) is 0.915. The fourth-order valence-electron chi connectivity index (χ4n) is 4.17. The molecule has 4 aromatic rings. The standard InChI is InChI=1S/C28H29FN4O4/c29-22-2-6-24(7-3-22)36-17-18-37-25-8-4-23(5-9-25)33-20-31-26-19-21(1-10-27(26)33)28(34)30-11-12-32-13-15-35-16-14-32/h1-10,19-20H,11-18H2,(H,30,34). The highest BCUT2D eigenvalue weighted by Gasteiger charge is 2.13. The summed E-state index contributed by atoms with van der Waals surface area (Å²) in [6.07, 6.45) is 1.75. The second-order valence-electron chi connectivity index (χ2n) is 8.67. The van der Waals surface area contributed by atoms with Gasteiger partial charge in [-0.05, 0) is 66.7 Å². The number of nitrogens with zero attached hydrogens (tertiary/aromatic N) is 3. The topological polar surface area (TPSA) is 77.9 Å². The molecule has 0 spiro atoms. The van der Waals surface area contributed by atoms with E-state index in [-0.39, 0.29) is 11.7 Å². The summed E-state index contributed by atoms with van der Waals surface area (Å²) in [6, 6.07) is 19.1. The van der Waals surface area contributed by atoms with E-state index in [1.165, 1.54) is 12.1 Å². The summed E-state index contributed by atoms with van der Waals surface area (Å²) >= 11 is 0. The van der Waals surface area contributed by atoms with Crippen molar-refractivity contribution in [2.75, 3.05) is 52.6 Å². The zero-order valence-electron chi connectivity index (χ0n) is 20.4. The van der Waals surface area contributed by atoms with Crippen LogP contribution in [0.2, 0.25) is 0 Å². The molecular formula is C28H29FN4O4. The maximum atomic E-state index is 13.0. The number of amides is 1. The van der Waals surface area contributed by atoms with Gasteiger partial charge in [0, 0.05) is 37.4 Å². The molecule has 1 aliphatic rings. The molecule has 5 rings (SSSR count). The lowest BCUT2D eigenvalue weighted by molar-refractivity contribution is 0.0383. The largest absolute Gasteiger partial charge is 0.490 e. The third-order valence-electron chi connectivity index (χ3n) is 6.18. The molecular weight excluding hydrogens is 475 g/mol. The number of fused-ring (bicyclic) bond motifs is 1. The Hall–Kier alpha value is -3.95. The van der Waals surface area contributed by atoms with Crippen molar-refractivity contribution in [3.05, 3.63) is 84.4 Å². The van der Waals surface area contributed by atoms with Gasteiger partial charge in [-0.2, -0.15) is 0 Å². The highest BCUT2D eigenvalue weighted by Crippen LogP contribution is 2.22. The van der Waals surface area contributed by atoms with Gasteiger partial charge in [-0.1, -0.05) is 0 Å². The highest BCUT2D eigenvalue weighted by atomic mass is 19.1. The first-order valence-electron chi connectivity index (χ1n) is 12.3. The molecule has 8 nitrogen and oxygen atoms in total. The van der Waals surface area contributed by atoms with Crippen LogP contribution in [-0.4, -0.2) is 73.0 Å². The van der Waals surface area contributed by atoms with Gasteiger partial charge in [-0.15, -0.1) is 0 Å². The molecule has 0 bridgehead atoms. The molecule has 1 aliphatic heterocycles. The van der Waals surface area contributed by atoms with Gasteiger partial charge in [0.05, 0.1) is 24.2 Å². The minimum atomic E-state index is -0.296. The van der Waals surface area contributed by atoms with Crippen LogP contribution in [0.5, 0.6) is 11.5 Å². The zero-order chi connectivity index (χ0) is 25.5. The normalized spacial score (nSPS) is 14.0. The van der Waals surface area contributed by atoms with Gasteiger partial charge in [0.25, 0.3) is 5.91 Å². The second kappa shape index (κ2) is 11.9. The quantitative estimate of drug-likeness (QED) is 0.332. The van der Waals surface area contributed by atoms with Crippen molar-refractivity contribution in [1.29, 1.82) is 0 Å². The molecule has 0 saturated carbocycles. The van der Waals surface area contributed by atoms with E-state index >= 15 is 0 Å². The molecule has 3 aromatic carbocycles. The van der Waals surface area contributed by atoms with Gasteiger partial charge >= 0.3 is 0 Å². The number of carbonyl (C=O) groups is 1. The van der Waals surface area contributed by atoms with Crippen molar-refractivity contribution in [1.82, 2.24) is 19.8 Å². The second-order valence-corrected chi connectivity index (χ2v) is 8.67. The van der Waals surface area contributed by atoms with E-state index in [1.807, 2.05) is 47.0 Å². The molecule has 9 heteroatoms. The molecule has 1 saturated heterocycles. The number of imidazole rings is 1. The number of aromatic nitrogens is 2. The Morgan fingerprint density at radius 1 is 0.946 bits per heavy atom. The number of hydrogen-bond donors (Lipinski definition) is 1. The molecule has 1 aromatic heterocycles. The van der Waals surface area contributed by atoms with Crippen LogP contribution in [0.1, 0.15) is 10.4 Å². The molecule has 1 N–H and O–H groups in total. The van der Waals surface area contributed by atoms with Gasteiger partial charge < -0.3 is 19.5 Å².